The fraction of sp³-hybridized carbons (Fsp3) is 0.444. The topological polar surface area (TPSA) is 125 Å². The molecule has 2 aliphatic rings. The van der Waals surface area contributed by atoms with E-state index in [1.54, 1.807) is 8.61 Å². The number of aryl methyl sites for hydroxylation is 2. The molecular formula is C36H44N6O4S4. The molecule has 266 valence electrons. The predicted octanol–water partition coefficient (Wildman–Crippen LogP) is 8.31. The Balaban J connectivity index is 1.06. The Labute approximate surface area is 303 Å². The van der Waals surface area contributed by atoms with Gasteiger partial charge >= 0.3 is 0 Å². The Kier molecular flexibility index (Phi) is 10.5. The number of nitrogens with zero attached hydrogens (tertiary/aromatic N) is 4. The summed E-state index contributed by atoms with van der Waals surface area (Å²) < 4.78 is 61.4. The Hall–Kier alpha value is -3.14. The number of hydrogen-bond acceptors (Lipinski definition) is 10. The van der Waals surface area contributed by atoms with Crippen LogP contribution in [0.25, 0.3) is 20.4 Å². The van der Waals surface area contributed by atoms with Gasteiger partial charge in [-0.2, -0.15) is 8.61 Å². The molecule has 0 amide bonds. The van der Waals surface area contributed by atoms with Crippen LogP contribution in [0.2, 0.25) is 0 Å². The van der Waals surface area contributed by atoms with Crippen molar-refractivity contribution in [2.45, 2.75) is 98.8 Å². The highest BCUT2D eigenvalue weighted by atomic mass is 32.3. The lowest BCUT2D eigenvalue weighted by Crippen LogP contribution is -2.44. The Morgan fingerprint density at radius 3 is 1.36 bits per heavy atom. The standard InChI is InChI=1S/C36H44N6O4S4/c1-25-13-19-33-31(21-25)39-35(47-33)49(43,44)41(29-9-5-3-6-10-29)23-37-27-15-17-28(18-16-27)38-24-42(30-11-7-4-8-12-30)50(45,46)36-40-32-22-26(2)14-20-34(32)48-36/h13-22,29-30,37-38H,3-12,23-24H2,1-2H3. The number of rotatable bonds is 12. The maximum atomic E-state index is 14.1. The molecule has 2 aromatic heterocycles. The smallest absolute Gasteiger partial charge is 0.272 e. The molecule has 0 saturated heterocycles. The van der Waals surface area contributed by atoms with Crippen LogP contribution < -0.4 is 10.6 Å². The van der Waals surface area contributed by atoms with Gasteiger partial charge in [-0.15, -0.1) is 22.7 Å². The van der Waals surface area contributed by atoms with Crippen molar-refractivity contribution in [3.05, 3.63) is 71.8 Å². The van der Waals surface area contributed by atoms with E-state index in [0.717, 1.165) is 96.1 Å². The molecule has 2 aliphatic carbocycles. The molecule has 2 saturated carbocycles. The third-order valence-corrected chi connectivity index (χ3v) is 16.4. The van der Waals surface area contributed by atoms with Gasteiger partial charge in [0.2, 0.25) is 8.68 Å². The first-order valence-corrected chi connectivity index (χ1v) is 22.0. The first-order valence-electron chi connectivity index (χ1n) is 17.4. The van der Waals surface area contributed by atoms with Crippen LogP contribution in [-0.2, 0) is 20.0 Å². The molecule has 14 heteroatoms. The third-order valence-electron chi connectivity index (χ3n) is 9.83. The monoisotopic (exact) mass is 752 g/mol. The van der Waals surface area contributed by atoms with Crippen molar-refractivity contribution in [1.29, 1.82) is 0 Å². The molecule has 10 nitrogen and oxygen atoms in total. The number of sulfonamides is 2. The summed E-state index contributed by atoms with van der Waals surface area (Å²) in [5.74, 6) is 0. The second kappa shape index (κ2) is 14.8. The fourth-order valence-electron chi connectivity index (χ4n) is 7.06. The quantitative estimate of drug-likeness (QED) is 0.122. The fourth-order valence-corrected chi connectivity index (χ4v) is 12.9. The summed E-state index contributed by atoms with van der Waals surface area (Å²) in [6.45, 7) is 4.21. The number of hydrogen-bond donors (Lipinski definition) is 2. The summed E-state index contributed by atoms with van der Waals surface area (Å²) in [5.41, 5.74) is 5.04. The van der Waals surface area contributed by atoms with Crippen LogP contribution in [-0.4, -0.2) is 60.8 Å². The molecule has 0 spiro atoms. The predicted molar refractivity (Wildman–Crippen MR) is 204 cm³/mol. The Morgan fingerprint density at radius 2 is 0.980 bits per heavy atom. The molecule has 2 heterocycles. The van der Waals surface area contributed by atoms with E-state index in [4.69, 9.17) is 0 Å². The number of benzene rings is 3. The number of aromatic nitrogens is 2. The molecule has 50 heavy (non-hydrogen) atoms. The number of anilines is 2. The van der Waals surface area contributed by atoms with Crippen molar-refractivity contribution in [2.75, 3.05) is 24.0 Å². The molecule has 5 aromatic rings. The van der Waals surface area contributed by atoms with E-state index >= 15 is 0 Å². The summed E-state index contributed by atoms with van der Waals surface area (Å²) in [4.78, 5) is 9.10. The summed E-state index contributed by atoms with van der Waals surface area (Å²) in [5, 5.41) is 6.70. The summed E-state index contributed by atoms with van der Waals surface area (Å²) >= 11 is 2.44. The molecule has 0 aliphatic heterocycles. The zero-order valence-electron chi connectivity index (χ0n) is 28.5. The first-order chi connectivity index (χ1) is 24.1. The Bertz CT molecular complexity index is 2020. The molecule has 0 unspecified atom stereocenters. The van der Waals surface area contributed by atoms with Gasteiger partial charge in [-0.05, 0) is 99.2 Å². The van der Waals surface area contributed by atoms with Crippen molar-refractivity contribution in [3.8, 4) is 0 Å². The van der Waals surface area contributed by atoms with E-state index in [-0.39, 0.29) is 34.1 Å². The van der Waals surface area contributed by atoms with Crippen molar-refractivity contribution in [2.24, 2.45) is 0 Å². The van der Waals surface area contributed by atoms with Gasteiger partial charge in [0, 0.05) is 23.5 Å². The molecular weight excluding hydrogens is 709 g/mol. The number of fused-ring (bicyclic) bond motifs is 2. The second-order valence-electron chi connectivity index (χ2n) is 13.5. The average molecular weight is 753 g/mol. The van der Waals surface area contributed by atoms with Gasteiger partial charge in [0.25, 0.3) is 20.0 Å². The first kappa shape index (κ1) is 35.3. The molecule has 2 fully saturated rings. The average Bonchev–Trinajstić information content (AvgIpc) is 3.75. The minimum Gasteiger partial charge on any atom is -0.371 e. The van der Waals surface area contributed by atoms with Crippen LogP contribution in [0.3, 0.4) is 0 Å². The maximum absolute atomic E-state index is 14.1. The lowest BCUT2D eigenvalue weighted by Gasteiger charge is -2.33. The van der Waals surface area contributed by atoms with Crippen LogP contribution >= 0.6 is 22.7 Å². The lowest BCUT2D eigenvalue weighted by atomic mass is 9.96. The van der Waals surface area contributed by atoms with Gasteiger partial charge in [-0.1, -0.05) is 50.7 Å². The minimum atomic E-state index is -3.83. The van der Waals surface area contributed by atoms with E-state index in [9.17, 15) is 16.8 Å². The van der Waals surface area contributed by atoms with Crippen molar-refractivity contribution in [1.82, 2.24) is 18.6 Å². The molecule has 7 rings (SSSR count). The normalized spacial score (nSPS) is 16.9. The maximum Gasteiger partial charge on any atom is 0.272 e. The highest BCUT2D eigenvalue weighted by Crippen LogP contribution is 2.34. The van der Waals surface area contributed by atoms with Gasteiger partial charge in [-0.3, -0.25) is 0 Å². The molecule has 2 N–H and O–H groups in total. The summed E-state index contributed by atoms with van der Waals surface area (Å²) in [7, 11) is -7.66. The van der Waals surface area contributed by atoms with E-state index in [2.05, 4.69) is 20.6 Å². The summed E-state index contributed by atoms with van der Waals surface area (Å²) in [6, 6.07) is 19.1. The van der Waals surface area contributed by atoms with Crippen molar-refractivity contribution < 1.29 is 16.8 Å². The molecule has 0 radical (unpaired) electrons. The SMILES string of the molecule is Cc1ccc2sc(S(=O)(=O)N(CNc3ccc(NCN(C4CCCCC4)S(=O)(=O)c4nc5cc(C)ccc5s4)cc3)C3CCCCC3)nc2c1. The van der Waals surface area contributed by atoms with Crippen molar-refractivity contribution >= 4 is 74.5 Å². The molecule has 0 bridgehead atoms. The van der Waals surface area contributed by atoms with Gasteiger partial charge in [-0.25, -0.2) is 26.8 Å². The van der Waals surface area contributed by atoms with Crippen LogP contribution in [0.4, 0.5) is 11.4 Å². The van der Waals surface area contributed by atoms with Gasteiger partial charge < -0.3 is 10.6 Å². The van der Waals surface area contributed by atoms with E-state index in [1.807, 2.05) is 74.5 Å². The van der Waals surface area contributed by atoms with Gasteiger partial charge in [0.15, 0.2) is 0 Å². The lowest BCUT2D eigenvalue weighted by molar-refractivity contribution is 0.263. The Morgan fingerprint density at radius 1 is 0.600 bits per heavy atom. The van der Waals surface area contributed by atoms with Crippen LogP contribution in [0.1, 0.15) is 75.3 Å². The van der Waals surface area contributed by atoms with Gasteiger partial charge in [0.1, 0.15) is 0 Å². The van der Waals surface area contributed by atoms with Crippen LogP contribution in [0.15, 0.2) is 69.3 Å². The molecule has 0 atom stereocenters. The van der Waals surface area contributed by atoms with Crippen LogP contribution in [0, 0.1) is 13.8 Å². The number of thiazole rings is 2. The van der Waals surface area contributed by atoms with E-state index < -0.39 is 20.0 Å². The highest BCUT2D eigenvalue weighted by molar-refractivity contribution is 7.91. The van der Waals surface area contributed by atoms with Crippen LogP contribution in [0.5, 0.6) is 0 Å². The third kappa shape index (κ3) is 7.56. The van der Waals surface area contributed by atoms with Crippen molar-refractivity contribution in [3.63, 3.8) is 0 Å². The zero-order chi connectivity index (χ0) is 34.9. The number of nitrogens with one attached hydrogen (secondary N) is 2. The second-order valence-corrected chi connectivity index (χ2v) is 19.7. The summed E-state index contributed by atoms with van der Waals surface area (Å²) in [6.07, 6.45) is 9.54. The van der Waals surface area contributed by atoms with Gasteiger partial charge in [0.05, 0.1) is 33.8 Å². The molecule has 3 aromatic carbocycles. The minimum absolute atomic E-state index is 0.0943. The van der Waals surface area contributed by atoms with E-state index in [0.29, 0.717) is 11.0 Å². The largest absolute Gasteiger partial charge is 0.371 e. The van der Waals surface area contributed by atoms with E-state index in [1.165, 1.54) is 22.7 Å². The zero-order valence-corrected chi connectivity index (χ0v) is 31.7. The highest BCUT2D eigenvalue weighted by Gasteiger charge is 2.36.